The third-order valence-corrected chi connectivity index (χ3v) is 3.55. The Labute approximate surface area is 130 Å². The zero-order chi connectivity index (χ0) is 15.5. The molecule has 2 aromatic carbocycles. The van der Waals surface area contributed by atoms with Gasteiger partial charge in [-0.1, -0.05) is 59.7 Å². The molecule has 0 aliphatic heterocycles. The largest absolute Gasteiger partial charge is 0.292 e. The first kappa shape index (κ1) is 14.2. The van der Waals surface area contributed by atoms with Crippen molar-refractivity contribution < 1.29 is 0 Å². The van der Waals surface area contributed by atoms with Gasteiger partial charge in [0.15, 0.2) is 0 Å². The quantitative estimate of drug-likeness (QED) is 0.570. The molecule has 0 unspecified atom stereocenters. The Morgan fingerprint density at radius 2 is 1.14 bits per heavy atom. The van der Waals surface area contributed by atoms with Crippen molar-refractivity contribution in [2.45, 2.75) is 13.8 Å². The highest BCUT2D eigenvalue weighted by Gasteiger charge is 2.08. The maximum absolute atomic E-state index is 5.52. The molecule has 0 amide bonds. The van der Waals surface area contributed by atoms with Crippen molar-refractivity contribution in [3.05, 3.63) is 65.7 Å². The van der Waals surface area contributed by atoms with E-state index >= 15 is 0 Å². The average Bonchev–Trinajstić information content (AvgIpc) is 2.55. The Morgan fingerprint density at radius 1 is 0.727 bits per heavy atom. The summed E-state index contributed by atoms with van der Waals surface area (Å²) in [6.07, 6.45) is 0. The van der Waals surface area contributed by atoms with Crippen molar-refractivity contribution in [3.8, 4) is 22.5 Å². The van der Waals surface area contributed by atoms with Crippen molar-refractivity contribution in [2.24, 2.45) is 5.84 Å². The fourth-order valence-corrected chi connectivity index (χ4v) is 2.26. The van der Waals surface area contributed by atoms with E-state index in [0.717, 1.165) is 22.5 Å². The molecule has 0 atom stereocenters. The van der Waals surface area contributed by atoms with Crippen LogP contribution in [-0.2, 0) is 0 Å². The lowest BCUT2D eigenvalue weighted by Crippen LogP contribution is -2.11. The zero-order valence-electron chi connectivity index (χ0n) is 12.7. The van der Waals surface area contributed by atoms with Gasteiger partial charge in [-0.15, -0.1) is 0 Å². The molecular formula is C18H18N4. The molecule has 0 aliphatic rings. The molecule has 4 heteroatoms. The summed E-state index contributed by atoms with van der Waals surface area (Å²) in [4.78, 5) is 8.90. The summed E-state index contributed by atoms with van der Waals surface area (Å²) in [5, 5.41) is 0. The molecule has 0 spiro atoms. The van der Waals surface area contributed by atoms with E-state index < -0.39 is 0 Å². The molecule has 0 bridgehead atoms. The molecule has 0 radical (unpaired) electrons. The Morgan fingerprint density at radius 3 is 1.50 bits per heavy atom. The van der Waals surface area contributed by atoms with Gasteiger partial charge in [-0.2, -0.15) is 0 Å². The van der Waals surface area contributed by atoms with Crippen LogP contribution < -0.4 is 11.3 Å². The number of anilines is 1. The van der Waals surface area contributed by atoms with Crippen LogP contribution in [0.2, 0.25) is 0 Å². The molecule has 1 aromatic heterocycles. The number of rotatable bonds is 3. The molecular weight excluding hydrogens is 272 g/mol. The number of nitrogens with two attached hydrogens (primary N) is 1. The van der Waals surface area contributed by atoms with Crippen molar-refractivity contribution in [1.82, 2.24) is 9.97 Å². The van der Waals surface area contributed by atoms with E-state index in [1.807, 2.05) is 6.07 Å². The average molecular weight is 290 g/mol. The van der Waals surface area contributed by atoms with Gasteiger partial charge in [0.1, 0.15) is 0 Å². The highest BCUT2D eigenvalue weighted by molar-refractivity contribution is 5.69. The van der Waals surface area contributed by atoms with Gasteiger partial charge in [0, 0.05) is 11.1 Å². The zero-order valence-corrected chi connectivity index (χ0v) is 12.7. The van der Waals surface area contributed by atoms with Gasteiger partial charge in [-0.25, -0.2) is 15.8 Å². The summed E-state index contributed by atoms with van der Waals surface area (Å²) in [6, 6.07) is 18.5. The molecule has 0 aliphatic carbocycles. The van der Waals surface area contributed by atoms with E-state index in [2.05, 4.69) is 77.8 Å². The molecule has 22 heavy (non-hydrogen) atoms. The van der Waals surface area contributed by atoms with E-state index in [9.17, 15) is 0 Å². The molecule has 0 saturated heterocycles. The number of hydrogen-bond donors (Lipinski definition) is 2. The molecule has 3 aromatic rings. The second kappa shape index (κ2) is 5.95. The van der Waals surface area contributed by atoms with Gasteiger partial charge in [0.05, 0.1) is 11.4 Å². The number of aryl methyl sites for hydroxylation is 2. The number of nitrogen functional groups attached to an aromatic ring is 1. The molecule has 3 N–H and O–H groups in total. The highest BCUT2D eigenvalue weighted by atomic mass is 15.3. The van der Waals surface area contributed by atoms with E-state index in [1.165, 1.54) is 11.1 Å². The Bertz CT molecular complexity index is 713. The van der Waals surface area contributed by atoms with Gasteiger partial charge in [-0.3, -0.25) is 5.43 Å². The maximum Gasteiger partial charge on any atom is 0.238 e. The Hall–Kier alpha value is -2.72. The van der Waals surface area contributed by atoms with Crippen LogP contribution >= 0.6 is 0 Å². The summed E-state index contributed by atoms with van der Waals surface area (Å²) in [7, 11) is 0. The fourth-order valence-electron chi connectivity index (χ4n) is 2.26. The molecule has 4 nitrogen and oxygen atoms in total. The van der Waals surface area contributed by atoms with Gasteiger partial charge < -0.3 is 0 Å². The first-order valence-electron chi connectivity index (χ1n) is 7.15. The predicted octanol–water partition coefficient (Wildman–Crippen LogP) is 3.71. The van der Waals surface area contributed by atoms with Gasteiger partial charge in [0.2, 0.25) is 5.95 Å². The highest BCUT2D eigenvalue weighted by Crippen LogP contribution is 2.25. The van der Waals surface area contributed by atoms with E-state index in [4.69, 9.17) is 5.84 Å². The van der Waals surface area contributed by atoms with Crippen LogP contribution in [0.25, 0.3) is 22.5 Å². The molecule has 0 fully saturated rings. The minimum atomic E-state index is 0.411. The van der Waals surface area contributed by atoms with Crippen LogP contribution in [-0.4, -0.2) is 9.97 Å². The second-order valence-corrected chi connectivity index (χ2v) is 5.34. The van der Waals surface area contributed by atoms with Crippen molar-refractivity contribution in [1.29, 1.82) is 0 Å². The SMILES string of the molecule is Cc1ccc(-c2cc(-c3ccc(C)cc3)nc(NN)n2)cc1. The summed E-state index contributed by atoms with van der Waals surface area (Å²) < 4.78 is 0. The van der Waals surface area contributed by atoms with Crippen molar-refractivity contribution >= 4 is 5.95 Å². The Balaban J connectivity index is 2.10. The van der Waals surface area contributed by atoms with Crippen molar-refractivity contribution in [3.63, 3.8) is 0 Å². The van der Waals surface area contributed by atoms with E-state index in [0.29, 0.717) is 5.95 Å². The third kappa shape index (κ3) is 2.97. The minimum Gasteiger partial charge on any atom is -0.292 e. The first-order valence-corrected chi connectivity index (χ1v) is 7.15. The van der Waals surface area contributed by atoms with Gasteiger partial charge in [-0.05, 0) is 19.9 Å². The standard InChI is InChI=1S/C18H18N4/c1-12-3-7-14(8-4-12)16-11-17(21-18(20-16)22-19)15-9-5-13(2)6-10-15/h3-11H,19H2,1-2H3,(H,20,21,22). The predicted molar refractivity (Wildman–Crippen MR) is 90.2 cm³/mol. The monoisotopic (exact) mass is 290 g/mol. The molecule has 110 valence electrons. The minimum absolute atomic E-state index is 0.411. The number of nitrogens with zero attached hydrogens (tertiary/aromatic N) is 2. The summed E-state index contributed by atoms with van der Waals surface area (Å²) in [5.41, 5.74) is 8.75. The molecule has 0 saturated carbocycles. The summed E-state index contributed by atoms with van der Waals surface area (Å²) in [5.74, 6) is 5.93. The number of benzene rings is 2. The smallest absolute Gasteiger partial charge is 0.238 e. The lowest BCUT2D eigenvalue weighted by molar-refractivity contribution is 1.12. The van der Waals surface area contributed by atoms with E-state index in [1.54, 1.807) is 0 Å². The van der Waals surface area contributed by atoms with Crippen LogP contribution in [0.1, 0.15) is 11.1 Å². The molecule has 3 rings (SSSR count). The van der Waals surface area contributed by atoms with Crippen LogP contribution in [0.5, 0.6) is 0 Å². The second-order valence-electron chi connectivity index (χ2n) is 5.34. The van der Waals surface area contributed by atoms with Crippen LogP contribution in [0.4, 0.5) is 5.95 Å². The molecule has 1 heterocycles. The van der Waals surface area contributed by atoms with Crippen LogP contribution in [0, 0.1) is 13.8 Å². The number of aromatic nitrogens is 2. The fraction of sp³-hybridized carbons (Fsp3) is 0.111. The normalized spacial score (nSPS) is 10.5. The van der Waals surface area contributed by atoms with E-state index in [-0.39, 0.29) is 0 Å². The van der Waals surface area contributed by atoms with Gasteiger partial charge >= 0.3 is 0 Å². The van der Waals surface area contributed by atoms with Crippen LogP contribution in [0.15, 0.2) is 54.6 Å². The summed E-state index contributed by atoms with van der Waals surface area (Å²) in [6.45, 7) is 4.13. The maximum atomic E-state index is 5.52. The third-order valence-electron chi connectivity index (χ3n) is 3.55. The van der Waals surface area contributed by atoms with Crippen LogP contribution in [0.3, 0.4) is 0 Å². The number of nitrogens with one attached hydrogen (secondary N) is 1. The number of hydrogen-bond acceptors (Lipinski definition) is 4. The first-order chi connectivity index (χ1) is 10.7. The summed E-state index contributed by atoms with van der Waals surface area (Å²) >= 11 is 0. The van der Waals surface area contributed by atoms with Gasteiger partial charge in [0.25, 0.3) is 0 Å². The van der Waals surface area contributed by atoms with Crippen molar-refractivity contribution in [2.75, 3.05) is 5.43 Å². The lowest BCUT2D eigenvalue weighted by atomic mass is 10.1. The number of hydrazine groups is 1. The lowest BCUT2D eigenvalue weighted by Gasteiger charge is -2.08. The topological polar surface area (TPSA) is 63.8 Å². The Kier molecular flexibility index (Phi) is 3.85.